The molecule has 5 aliphatic heterocycles. The van der Waals surface area contributed by atoms with Crippen LogP contribution >= 0.6 is 21.6 Å². The fourth-order valence-electron chi connectivity index (χ4n) is 13.2. The van der Waals surface area contributed by atoms with Crippen LogP contribution < -0.4 is 15.4 Å². The molecule has 12 bridgehead atoms. The normalized spacial score (nSPS) is 37.0. The van der Waals surface area contributed by atoms with Crippen LogP contribution in [0, 0.1) is 22.7 Å². The number of ether oxygens (including phenoxy) is 2. The smallest absolute Gasteiger partial charge is 0.229 e. The topological polar surface area (TPSA) is 198 Å². The summed E-state index contributed by atoms with van der Waals surface area (Å²) in [4.78, 5) is 30.5. The predicted molar refractivity (Wildman–Crippen MR) is 235 cm³/mol. The van der Waals surface area contributed by atoms with E-state index in [0.717, 1.165) is 64.9 Å². The van der Waals surface area contributed by atoms with Gasteiger partial charge in [-0.2, -0.15) is 0 Å². The van der Waals surface area contributed by atoms with Crippen LogP contribution in [0.15, 0.2) is 101 Å². The zero-order valence-electron chi connectivity index (χ0n) is 34.3. The molecule has 0 aromatic heterocycles. The Kier molecular flexibility index (Phi) is 9.12. The Bertz CT molecular complexity index is 2660. The van der Waals surface area contributed by atoms with Crippen LogP contribution in [-0.2, 0) is 17.8 Å². The van der Waals surface area contributed by atoms with Gasteiger partial charge in [-0.05, 0) is 107 Å². The van der Waals surface area contributed by atoms with E-state index in [4.69, 9.17) is 9.47 Å². The lowest BCUT2D eigenvalue weighted by molar-refractivity contribution is -0.320. The third-order valence-electron chi connectivity index (χ3n) is 15.9. The van der Waals surface area contributed by atoms with E-state index in [1.807, 2.05) is 24.3 Å². The molecule has 0 amide bonds. The first kappa shape index (κ1) is 40.2. The summed E-state index contributed by atoms with van der Waals surface area (Å²) in [6.45, 7) is -0.231. The number of ketones is 2. The van der Waals surface area contributed by atoms with Gasteiger partial charge in [0.05, 0.1) is 24.7 Å². The minimum absolute atomic E-state index is 0.0170. The Morgan fingerprint density at radius 1 is 0.921 bits per heavy atom. The van der Waals surface area contributed by atoms with Crippen LogP contribution in [0.2, 0.25) is 0 Å². The van der Waals surface area contributed by atoms with Crippen molar-refractivity contribution < 1.29 is 49.7 Å². The summed E-state index contributed by atoms with van der Waals surface area (Å²) in [6, 6.07) is 18.5. The number of rotatable bonds is 4. The molecule has 8 N–H and O–H groups in total. The fourth-order valence-corrected chi connectivity index (χ4v) is 16.1. The number of hydrogen-bond acceptors (Lipinski definition) is 14. The maximum atomic E-state index is 15.5. The van der Waals surface area contributed by atoms with E-state index in [2.05, 4.69) is 28.8 Å². The molecular weight excluding hydrogens is 841 g/mol. The molecule has 3 aromatic carbocycles. The lowest BCUT2D eigenvalue weighted by atomic mass is 9.49. The molecule has 14 heteroatoms. The van der Waals surface area contributed by atoms with E-state index in [9.17, 15) is 35.4 Å². The molecule has 2 fully saturated rings. The Hall–Kier alpha value is -4.38. The summed E-state index contributed by atoms with van der Waals surface area (Å²) < 4.78 is 12.6. The number of dihydropyridines is 1. The SMILES string of the molecule is O=C1c2cccc3c2C(=O)[C@]2(CSS[C@@H]4NC5=C6C7=C(CC[C@H]8CC[C@@H](c9cccc4c96)[C@@]78C[C@]4(O)[C@H](O)[C@@H](CO)O[C@@H](O3)[C@@H]4O)CN5)C(O)=CC(Cc3cccc(CO)c3)=C[C@H]12. The number of carbonyl (C=O) groups is 2. The van der Waals surface area contributed by atoms with Crippen LogP contribution in [0.4, 0.5) is 0 Å². The number of allylic oxidation sites excluding steroid dienone is 6. The van der Waals surface area contributed by atoms with Crippen molar-refractivity contribution in [2.24, 2.45) is 22.7 Å². The van der Waals surface area contributed by atoms with Gasteiger partial charge in [-0.15, -0.1) is 0 Å². The first-order valence-electron chi connectivity index (χ1n) is 21.9. The summed E-state index contributed by atoms with van der Waals surface area (Å²) >= 11 is 0. The number of nitrogens with one attached hydrogen (secondary N) is 2. The van der Waals surface area contributed by atoms with Crippen molar-refractivity contribution in [1.29, 1.82) is 0 Å². The molecule has 0 unspecified atom stereocenters. The van der Waals surface area contributed by atoms with Gasteiger partial charge in [-0.3, -0.25) is 9.59 Å². The molecule has 12 nitrogen and oxygen atoms in total. The molecule has 3 aromatic rings. The second-order valence-corrected chi connectivity index (χ2v) is 21.3. The highest BCUT2D eigenvalue weighted by Gasteiger charge is 2.67. The van der Waals surface area contributed by atoms with Crippen molar-refractivity contribution in [3.8, 4) is 5.75 Å². The number of Topliss-reactive ketones (excluding diaryl/α,β-unsaturated/α-hetero) is 2. The zero-order valence-corrected chi connectivity index (χ0v) is 35.9. The summed E-state index contributed by atoms with van der Waals surface area (Å²) in [5.74, 6) is -1.37. The van der Waals surface area contributed by atoms with Crippen molar-refractivity contribution >= 4 is 38.7 Å². The average molecular weight is 889 g/mol. The van der Waals surface area contributed by atoms with Crippen molar-refractivity contribution in [2.45, 2.75) is 86.6 Å². The van der Waals surface area contributed by atoms with E-state index in [0.29, 0.717) is 18.5 Å². The number of benzene rings is 3. The Morgan fingerprint density at radius 3 is 2.57 bits per heavy atom. The van der Waals surface area contributed by atoms with Crippen molar-refractivity contribution in [1.82, 2.24) is 10.6 Å². The van der Waals surface area contributed by atoms with Gasteiger partial charge in [-0.25, -0.2) is 0 Å². The van der Waals surface area contributed by atoms with Crippen molar-refractivity contribution in [3.63, 3.8) is 0 Å². The second-order valence-electron chi connectivity index (χ2n) is 18.8. The molecule has 13 rings (SSSR count). The molecule has 1 saturated carbocycles. The summed E-state index contributed by atoms with van der Waals surface area (Å²) in [6.07, 6.45) is 0.617. The summed E-state index contributed by atoms with van der Waals surface area (Å²) in [5, 5.41) is 77.8. The van der Waals surface area contributed by atoms with Gasteiger partial charge in [0.1, 0.15) is 52.0 Å². The molecule has 0 radical (unpaired) electrons. The van der Waals surface area contributed by atoms with E-state index in [-0.39, 0.29) is 58.6 Å². The summed E-state index contributed by atoms with van der Waals surface area (Å²) in [7, 11) is 2.96. The minimum atomic E-state index is -2.25. The van der Waals surface area contributed by atoms with Gasteiger partial charge < -0.3 is 50.7 Å². The van der Waals surface area contributed by atoms with Crippen LogP contribution in [0.25, 0.3) is 5.57 Å². The van der Waals surface area contributed by atoms with Crippen molar-refractivity contribution in [2.75, 3.05) is 18.9 Å². The van der Waals surface area contributed by atoms with Gasteiger partial charge >= 0.3 is 0 Å². The van der Waals surface area contributed by atoms with Gasteiger partial charge in [0.25, 0.3) is 0 Å². The summed E-state index contributed by atoms with van der Waals surface area (Å²) in [5.41, 5.74) is 4.43. The quantitative estimate of drug-likeness (QED) is 0.158. The van der Waals surface area contributed by atoms with E-state index in [1.54, 1.807) is 35.1 Å². The highest BCUT2D eigenvalue weighted by molar-refractivity contribution is 8.76. The van der Waals surface area contributed by atoms with E-state index >= 15 is 4.79 Å². The van der Waals surface area contributed by atoms with E-state index in [1.165, 1.54) is 28.0 Å². The standard InChI is InChI=1S/C49H48N2O10S2/c52-19-24-5-1-4-23(14-24)15-25-16-32-40(55)29-7-3-9-33-37(29)42(57)48(32,35(54)17-25)22-62-63-45-30-8-2-6-28-31-13-12-27-11-10-26-18-50-44(51-45)38(36(28)30)39(26)47(27,31)21-49(59)41(56)34(20-53)61-46(60-33)43(49)58/h1-9,14,16-17,27,31-32,34,41,43,45-46,50-54,56,58-59H,10-13,15,18-22H2/t27-,31-,32+,34+,41+,43-,45-,46+,47-,48-,49-/m0/s1. The first-order chi connectivity index (χ1) is 30.5. The number of fused-ring (bicyclic) bond motifs is 2. The molecule has 5 heterocycles. The maximum Gasteiger partial charge on any atom is 0.229 e. The van der Waals surface area contributed by atoms with Crippen LogP contribution in [0.5, 0.6) is 5.75 Å². The Balaban J connectivity index is 1.05. The van der Waals surface area contributed by atoms with Gasteiger partial charge in [0.15, 0.2) is 11.6 Å². The molecular formula is C49H48N2O10S2. The third-order valence-corrected chi connectivity index (χ3v) is 18.5. The number of hydrogen-bond donors (Lipinski definition) is 8. The molecule has 2 spiro atoms. The molecule has 10 aliphatic rings. The molecule has 11 atom stereocenters. The van der Waals surface area contributed by atoms with Crippen LogP contribution in [-0.4, -0.2) is 91.3 Å². The Labute approximate surface area is 371 Å². The highest BCUT2D eigenvalue weighted by atomic mass is 33.1. The maximum absolute atomic E-state index is 15.5. The highest BCUT2D eigenvalue weighted by Crippen LogP contribution is 2.72. The number of carbonyl (C=O) groups excluding carboxylic acids is 2. The monoisotopic (exact) mass is 888 g/mol. The van der Waals surface area contributed by atoms with Crippen molar-refractivity contribution in [3.05, 3.63) is 140 Å². The van der Waals surface area contributed by atoms with Crippen LogP contribution in [0.3, 0.4) is 0 Å². The molecule has 5 aliphatic carbocycles. The van der Waals surface area contributed by atoms with Gasteiger partial charge in [-0.1, -0.05) is 82.3 Å². The molecule has 63 heavy (non-hydrogen) atoms. The third kappa shape index (κ3) is 5.40. The first-order valence-corrected chi connectivity index (χ1v) is 24.3. The van der Waals surface area contributed by atoms with E-state index < -0.39 is 65.1 Å². The fraction of sp³-hybridized carbons (Fsp3) is 0.429. The lowest BCUT2D eigenvalue weighted by Gasteiger charge is -2.58. The number of aliphatic hydroxyl groups is 6. The zero-order chi connectivity index (χ0) is 43.2. The predicted octanol–water partition coefficient (Wildman–Crippen LogP) is 5.28. The van der Waals surface area contributed by atoms with Gasteiger partial charge in [0.2, 0.25) is 6.29 Å². The van der Waals surface area contributed by atoms with Crippen LogP contribution in [0.1, 0.15) is 91.9 Å². The van der Waals surface area contributed by atoms with Gasteiger partial charge in [0, 0.05) is 28.8 Å². The number of aliphatic hydroxyl groups excluding tert-OH is 5. The molecule has 326 valence electrons. The Morgan fingerprint density at radius 2 is 1.73 bits per heavy atom. The minimum Gasteiger partial charge on any atom is -0.511 e. The second kappa shape index (κ2) is 14.3. The average Bonchev–Trinajstić information content (AvgIpc) is 3.67. The molecule has 1 saturated heterocycles. The lowest BCUT2D eigenvalue weighted by Crippen LogP contribution is -2.70. The largest absolute Gasteiger partial charge is 0.511 e.